The Morgan fingerprint density at radius 2 is 1.87 bits per heavy atom. The quantitative estimate of drug-likeness (QED) is 0.878. The van der Waals surface area contributed by atoms with Crippen molar-refractivity contribution in [2.24, 2.45) is 11.7 Å². The monoisotopic (exact) mass is 269 g/mol. The predicted octanol–water partition coefficient (Wildman–Crippen LogP) is 4.11. The van der Waals surface area contributed by atoms with Crippen LogP contribution in [0.15, 0.2) is 16.6 Å². The molecule has 0 fully saturated rings. The smallest absolute Gasteiger partial charge is 0.0323 e. The highest BCUT2D eigenvalue weighted by atomic mass is 79.9. The molecule has 0 aliphatic heterocycles. The maximum absolute atomic E-state index is 6.25. The molecule has 0 aliphatic carbocycles. The van der Waals surface area contributed by atoms with Crippen LogP contribution in [-0.2, 0) is 0 Å². The van der Waals surface area contributed by atoms with Crippen LogP contribution in [-0.4, -0.2) is 0 Å². The fraction of sp³-hybridized carbons (Fsp3) is 0.538. The molecule has 84 valence electrons. The molecule has 0 bridgehead atoms. The standard InChI is InChI=1S/C13H20BrN/c1-5-8(2)13(15)11-6-10(4)12(14)7-9(11)3/h6-8,13H,5,15H2,1-4H3. The molecular weight excluding hydrogens is 250 g/mol. The zero-order chi connectivity index (χ0) is 11.6. The van der Waals surface area contributed by atoms with Gasteiger partial charge in [-0.25, -0.2) is 0 Å². The van der Waals surface area contributed by atoms with Crippen LogP contribution in [0.4, 0.5) is 0 Å². The lowest BCUT2D eigenvalue weighted by molar-refractivity contribution is 0.455. The van der Waals surface area contributed by atoms with E-state index in [4.69, 9.17) is 5.73 Å². The van der Waals surface area contributed by atoms with Crippen molar-refractivity contribution >= 4 is 15.9 Å². The molecular formula is C13H20BrN. The first-order valence-electron chi connectivity index (χ1n) is 5.49. The van der Waals surface area contributed by atoms with Gasteiger partial charge in [0, 0.05) is 10.5 Å². The Morgan fingerprint density at radius 3 is 2.40 bits per heavy atom. The largest absolute Gasteiger partial charge is 0.324 e. The number of rotatable bonds is 3. The molecule has 0 aromatic heterocycles. The molecule has 2 atom stereocenters. The van der Waals surface area contributed by atoms with Gasteiger partial charge in [-0.3, -0.25) is 0 Å². The summed E-state index contributed by atoms with van der Waals surface area (Å²) in [7, 11) is 0. The van der Waals surface area contributed by atoms with E-state index < -0.39 is 0 Å². The minimum atomic E-state index is 0.154. The number of hydrogen-bond acceptors (Lipinski definition) is 1. The Kier molecular flexibility index (Phi) is 4.35. The maximum atomic E-state index is 6.25. The van der Waals surface area contributed by atoms with Gasteiger partial charge in [-0.05, 0) is 42.5 Å². The minimum Gasteiger partial charge on any atom is -0.324 e. The fourth-order valence-corrected chi connectivity index (χ4v) is 2.18. The lowest BCUT2D eigenvalue weighted by Crippen LogP contribution is -2.19. The molecule has 0 radical (unpaired) electrons. The summed E-state index contributed by atoms with van der Waals surface area (Å²) in [6, 6.07) is 4.52. The van der Waals surface area contributed by atoms with Gasteiger partial charge in [0.15, 0.2) is 0 Å². The Hall–Kier alpha value is -0.340. The molecule has 0 saturated carbocycles. The van der Waals surface area contributed by atoms with E-state index in [1.807, 2.05) is 0 Å². The van der Waals surface area contributed by atoms with Crippen molar-refractivity contribution in [2.45, 2.75) is 40.2 Å². The van der Waals surface area contributed by atoms with Crippen molar-refractivity contribution in [3.05, 3.63) is 33.3 Å². The lowest BCUT2D eigenvalue weighted by atomic mass is 9.90. The molecule has 0 spiro atoms. The Bertz CT molecular complexity index is 347. The Morgan fingerprint density at radius 1 is 1.27 bits per heavy atom. The first-order chi connectivity index (χ1) is 6.97. The van der Waals surface area contributed by atoms with E-state index >= 15 is 0 Å². The highest BCUT2D eigenvalue weighted by Crippen LogP contribution is 2.28. The van der Waals surface area contributed by atoms with E-state index in [2.05, 4.69) is 55.8 Å². The molecule has 2 unspecified atom stereocenters. The Balaban J connectivity index is 3.09. The SMILES string of the molecule is CCC(C)C(N)c1cc(C)c(Br)cc1C. The molecule has 0 heterocycles. The van der Waals surface area contributed by atoms with Gasteiger partial charge in [0.05, 0.1) is 0 Å². The van der Waals surface area contributed by atoms with Crippen LogP contribution >= 0.6 is 15.9 Å². The van der Waals surface area contributed by atoms with Crippen molar-refractivity contribution in [3.8, 4) is 0 Å². The van der Waals surface area contributed by atoms with Gasteiger partial charge < -0.3 is 5.73 Å². The summed E-state index contributed by atoms with van der Waals surface area (Å²) >= 11 is 3.54. The molecule has 2 N–H and O–H groups in total. The zero-order valence-corrected chi connectivity index (χ0v) is 11.6. The van der Waals surface area contributed by atoms with Crippen LogP contribution in [0.2, 0.25) is 0 Å². The van der Waals surface area contributed by atoms with E-state index in [9.17, 15) is 0 Å². The molecule has 2 heteroatoms. The summed E-state index contributed by atoms with van der Waals surface area (Å²) in [4.78, 5) is 0. The average Bonchev–Trinajstić information content (AvgIpc) is 2.21. The average molecular weight is 270 g/mol. The van der Waals surface area contributed by atoms with Crippen molar-refractivity contribution in [2.75, 3.05) is 0 Å². The molecule has 1 aromatic carbocycles. The number of aryl methyl sites for hydroxylation is 2. The molecule has 1 nitrogen and oxygen atoms in total. The first-order valence-corrected chi connectivity index (χ1v) is 6.28. The third-order valence-corrected chi connectivity index (χ3v) is 4.02. The van der Waals surface area contributed by atoms with E-state index in [1.165, 1.54) is 21.2 Å². The van der Waals surface area contributed by atoms with Gasteiger partial charge >= 0.3 is 0 Å². The van der Waals surface area contributed by atoms with Gasteiger partial charge in [0.1, 0.15) is 0 Å². The second kappa shape index (κ2) is 5.13. The molecule has 1 aromatic rings. The number of hydrogen-bond donors (Lipinski definition) is 1. The van der Waals surface area contributed by atoms with E-state index in [-0.39, 0.29) is 6.04 Å². The molecule has 0 saturated heterocycles. The van der Waals surface area contributed by atoms with E-state index in [0.717, 1.165) is 6.42 Å². The first kappa shape index (κ1) is 12.7. The van der Waals surface area contributed by atoms with Crippen LogP contribution in [0.5, 0.6) is 0 Å². The van der Waals surface area contributed by atoms with Crippen molar-refractivity contribution in [1.82, 2.24) is 0 Å². The van der Waals surface area contributed by atoms with Gasteiger partial charge in [0.2, 0.25) is 0 Å². The van der Waals surface area contributed by atoms with Crippen LogP contribution < -0.4 is 5.73 Å². The summed E-state index contributed by atoms with van der Waals surface area (Å²) in [6.07, 6.45) is 1.12. The van der Waals surface area contributed by atoms with Gasteiger partial charge in [-0.1, -0.05) is 42.3 Å². The summed E-state index contributed by atoms with van der Waals surface area (Å²) in [5.41, 5.74) is 10.1. The van der Waals surface area contributed by atoms with Gasteiger partial charge in [-0.15, -0.1) is 0 Å². The topological polar surface area (TPSA) is 26.0 Å². The van der Waals surface area contributed by atoms with Crippen LogP contribution in [0, 0.1) is 19.8 Å². The van der Waals surface area contributed by atoms with Crippen molar-refractivity contribution < 1.29 is 0 Å². The Labute approximate surface area is 101 Å². The third kappa shape index (κ3) is 2.82. The molecule has 15 heavy (non-hydrogen) atoms. The third-order valence-electron chi connectivity index (χ3n) is 3.16. The highest BCUT2D eigenvalue weighted by molar-refractivity contribution is 9.10. The summed E-state index contributed by atoms with van der Waals surface area (Å²) in [5, 5.41) is 0. The van der Waals surface area contributed by atoms with Crippen LogP contribution in [0.25, 0.3) is 0 Å². The summed E-state index contributed by atoms with van der Waals surface area (Å²) in [5.74, 6) is 0.532. The van der Waals surface area contributed by atoms with Crippen LogP contribution in [0.3, 0.4) is 0 Å². The van der Waals surface area contributed by atoms with E-state index in [0.29, 0.717) is 5.92 Å². The number of nitrogens with two attached hydrogens (primary N) is 1. The van der Waals surface area contributed by atoms with E-state index in [1.54, 1.807) is 0 Å². The highest BCUT2D eigenvalue weighted by Gasteiger charge is 2.15. The maximum Gasteiger partial charge on any atom is 0.0323 e. The van der Waals surface area contributed by atoms with Crippen LogP contribution in [0.1, 0.15) is 43.0 Å². The molecule has 0 aliphatic rings. The van der Waals surface area contributed by atoms with Crippen molar-refractivity contribution in [3.63, 3.8) is 0 Å². The second-order valence-electron chi connectivity index (χ2n) is 4.37. The van der Waals surface area contributed by atoms with Gasteiger partial charge in [0.25, 0.3) is 0 Å². The molecule has 1 rings (SSSR count). The van der Waals surface area contributed by atoms with Gasteiger partial charge in [-0.2, -0.15) is 0 Å². The van der Waals surface area contributed by atoms with Crippen molar-refractivity contribution in [1.29, 1.82) is 0 Å². The molecule has 0 amide bonds. The summed E-state index contributed by atoms with van der Waals surface area (Å²) in [6.45, 7) is 8.63. The normalized spacial score (nSPS) is 15.1. The fourth-order valence-electron chi connectivity index (χ4n) is 1.72. The predicted molar refractivity (Wildman–Crippen MR) is 70.0 cm³/mol. The zero-order valence-electron chi connectivity index (χ0n) is 9.97. The lowest BCUT2D eigenvalue weighted by Gasteiger charge is -2.21. The minimum absolute atomic E-state index is 0.154. The second-order valence-corrected chi connectivity index (χ2v) is 5.22. The number of halogens is 1. The summed E-state index contributed by atoms with van der Waals surface area (Å²) < 4.78 is 1.17. The number of benzene rings is 1.